The summed E-state index contributed by atoms with van der Waals surface area (Å²) in [4.78, 5) is 13.4. The van der Waals surface area contributed by atoms with Gasteiger partial charge in [-0.1, -0.05) is 0 Å². The minimum absolute atomic E-state index is 0.0504. The van der Waals surface area contributed by atoms with Crippen molar-refractivity contribution in [1.82, 2.24) is 10.2 Å². The number of carbonyl (C=O) groups excluding carboxylic acids is 1. The molecule has 0 aromatic heterocycles. The normalized spacial score (nSPS) is 12.4. The summed E-state index contributed by atoms with van der Waals surface area (Å²) in [5.74, 6) is 0.0504. The summed E-state index contributed by atoms with van der Waals surface area (Å²) < 4.78 is 10.3. The van der Waals surface area contributed by atoms with E-state index >= 15 is 0 Å². The SMILES string of the molecule is CCOCCOCC(O)CNCC(=O)N(CC)CC. The second kappa shape index (κ2) is 12.3. The van der Waals surface area contributed by atoms with Gasteiger partial charge in [-0.25, -0.2) is 0 Å². The summed E-state index contributed by atoms with van der Waals surface area (Å²) in [7, 11) is 0. The van der Waals surface area contributed by atoms with Gasteiger partial charge in [-0.3, -0.25) is 4.79 Å². The maximum atomic E-state index is 11.7. The number of aliphatic hydroxyl groups excluding tert-OH is 1. The van der Waals surface area contributed by atoms with Crippen molar-refractivity contribution in [1.29, 1.82) is 0 Å². The third kappa shape index (κ3) is 9.84. The topological polar surface area (TPSA) is 71.0 Å². The molecule has 1 unspecified atom stereocenters. The van der Waals surface area contributed by atoms with Crippen LogP contribution in [0.5, 0.6) is 0 Å². The number of carbonyl (C=O) groups is 1. The number of amides is 1. The standard InChI is InChI=1S/C13H28N2O4/c1-4-15(5-2)13(17)10-14-9-12(16)11-19-8-7-18-6-3/h12,14,16H,4-11H2,1-3H3. The van der Waals surface area contributed by atoms with Crippen LogP contribution in [0.25, 0.3) is 0 Å². The third-order valence-corrected chi connectivity index (χ3v) is 2.66. The molecule has 6 heteroatoms. The van der Waals surface area contributed by atoms with Crippen LogP contribution in [0.4, 0.5) is 0 Å². The first-order chi connectivity index (χ1) is 9.15. The lowest BCUT2D eigenvalue weighted by molar-refractivity contribution is -0.129. The molecule has 0 aliphatic carbocycles. The van der Waals surface area contributed by atoms with Crippen LogP contribution in [0.3, 0.4) is 0 Å². The summed E-state index contributed by atoms with van der Waals surface area (Å²) in [6.07, 6.45) is -0.605. The molecule has 1 amide bonds. The van der Waals surface area contributed by atoms with E-state index in [-0.39, 0.29) is 19.1 Å². The van der Waals surface area contributed by atoms with E-state index in [1.165, 1.54) is 0 Å². The molecule has 0 rings (SSSR count). The maximum absolute atomic E-state index is 11.7. The fourth-order valence-electron chi connectivity index (χ4n) is 1.57. The molecule has 2 N–H and O–H groups in total. The highest BCUT2D eigenvalue weighted by Crippen LogP contribution is 1.89. The first-order valence-corrected chi connectivity index (χ1v) is 6.97. The fourth-order valence-corrected chi connectivity index (χ4v) is 1.57. The monoisotopic (exact) mass is 276 g/mol. The van der Waals surface area contributed by atoms with Gasteiger partial charge in [-0.2, -0.15) is 0 Å². The van der Waals surface area contributed by atoms with E-state index < -0.39 is 6.10 Å². The molecule has 0 saturated carbocycles. The first-order valence-electron chi connectivity index (χ1n) is 6.97. The predicted octanol–water partition coefficient (Wildman–Crippen LogP) is -0.142. The van der Waals surface area contributed by atoms with Crippen molar-refractivity contribution >= 4 is 5.91 Å². The van der Waals surface area contributed by atoms with Crippen molar-refractivity contribution in [2.24, 2.45) is 0 Å². The third-order valence-electron chi connectivity index (χ3n) is 2.66. The lowest BCUT2D eigenvalue weighted by Crippen LogP contribution is -2.40. The molecular weight excluding hydrogens is 248 g/mol. The molecular formula is C13H28N2O4. The quantitative estimate of drug-likeness (QED) is 0.485. The molecule has 0 fully saturated rings. The molecule has 114 valence electrons. The van der Waals surface area contributed by atoms with Crippen molar-refractivity contribution in [3.8, 4) is 0 Å². The number of hydrogen-bond acceptors (Lipinski definition) is 5. The Morgan fingerprint density at radius 3 is 2.42 bits per heavy atom. The second-order valence-electron chi connectivity index (χ2n) is 4.12. The molecule has 0 aliphatic rings. The molecule has 0 bridgehead atoms. The molecule has 6 nitrogen and oxygen atoms in total. The Morgan fingerprint density at radius 1 is 1.21 bits per heavy atom. The molecule has 0 saturated heterocycles. The number of nitrogens with one attached hydrogen (secondary N) is 1. The van der Waals surface area contributed by atoms with Crippen molar-refractivity contribution in [3.05, 3.63) is 0 Å². The Balaban J connectivity index is 3.52. The lowest BCUT2D eigenvalue weighted by Gasteiger charge is -2.19. The summed E-state index contributed by atoms with van der Waals surface area (Å²) in [6, 6.07) is 0. The Bertz CT molecular complexity index is 223. The molecule has 0 aromatic carbocycles. The average molecular weight is 276 g/mol. The lowest BCUT2D eigenvalue weighted by atomic mass is 10.3. The number of hydrogen-bond donors (Lipinski definition) is 2. The van der Waals surface area contributed by atoms with Gasteiger partial charge in [-0.05, 0) is 20.8 Å². The van der Waals surface area contributed by atoms with Crippen LogP contribution in [0.15, 0.2) is 0 Å². The molecule has 0 aromatic rings. The van der Waals surface area contributed by atoms with Gasteiger partial charge in [-0.15, -0.1) is 0 Å². The van der Waals surface area contributed by atoms with E-state index in [1.807, 2.05) is 20.8 Å². The molecule has 1 atom stereocenters. The number of nitrogens with zero attached hydrogens (tertiary/aromatic N) is 1. The zero-order valence-electron chi connectivity index (χ0n) is 12.4. The molecule has 0 aliphatic heterocycles. The average Bonchev–Trinajstić information content (AvgIpc) is 2.40. The number of ether oxygens (including phenoxy) is 2. The van der Waals surface area contributed by atoms with Gasteiger partial charge < -0.3 is 24.8 Å². The Labute approximate surface area is 116 Å². The van der Waals surface area contributed by atoms with E-state index in [0.29, 0.717) is 39.5 Å². The minimum Gasteiger partial charge on any atom is -0.389 e. The fraction of sp³-hybridized carbons (Fsp3) is 0.923. The van der Waals surface area contributed by atoms with Crippen LogP contribution in [-0.2, 0) is 14.3 Å². The van der Waals surface area contributed by atoms with Crippen molar-refractivity contribution in [2.45, 2.75) is 26.9 Å². The summed E-state index contributed by atoms with van der Waals surface area (Å²) in [5, 5.41) is 12.6. The Kier molecular flexibility index (Phi) is 11.9. The van der Waals surface area contributed by atoms with E-state index in [9.17, 15) is 9.90 Å². The van der Waals surface area contributed by atoms with Gasteiger partial charge in [0.05, 0.1) is 32.5 Å². The van der Waals surface area contributed by atoms with Crippen molar-refractivity contribution in [2.75, 3.05) is 52.6 Å². The van der Waals surface area contributed by atoms with Gasteiger partial charge in [0, 0.05) is 26.2 Å². The van der Waals surface area contributed by atoms with Crippen LogP contribution < -0.4 is 5.32 Å². The van der Waals surface area contributed by atoms with Crippen LogP contribution in [0.1, 0.15) is 20.8 Å². The number of likely N-dealkylation sites (N-methyl/N-ethyl adjacent to an activating group) is 1. The van der Waals surface area contributed by atoms with Gasteiger partial charge >= 0.3 is 0 Å². The molecule has 0 heterocycles. The smallest absolute Gasteiger partial charge is 0.236 e. The van der Waals surface area contributed by atoms with Gasteiger partial charge in [0.15, 0.2) is 0 Å². The van der Waals surface area contributed by atoms with Crippen LogP contribution >= 0.6 is 0 Å². The molecule has 19 heavy (non-hydrogen) atoms. The summed E-state index contributed by atoms with van der Waals surface area (Å²) >= 11 is 0. The zero-order chi connectivity index (χ0) is 14.5. The van der Waals surface area contributed by atoms with Crippen LogP contribution in [0, 0.1) is 0 Å². The Morgan fingerprint density at radius 2 is 1.84 bits per heavy atom. The largest absolute Gasteiger partial charge is 0.389 e. The second-order valence-corrected chi connectivity index (χ2v) is 4.12. The van der Waals surface area contributed by atoms with E-state index in [0.717, 1.165) is 0 Å². The highest BCUT2D eigenvalue weighted by Gasteiger charge is 2.10. The Hall–Kier alpha value is -0.690. The van der Waals surface area contributed by atoms with Crippen molar-refractivity contribution in [3.63, 3.8) is 0 Å². The summed E-state index contributed by atoms with van der Waals surface area (Å²) in [5.41, 5.74) is 0. The zero-order valence-corrected chi connectivity index (χ0v) is 12.4. The van der Waals surface area contributed by atoms with E-state index in [4.69, 9.17) is 9.47 Å². The van der Waals surface area contributed by atoms with Gasteiger partial charge in [0.1, 0.15) is 0 Å². The van der Waals surface area contributed by atoms with E-state index in [2.05, 4.69) is 5.32 Å². The maximum Gasteiger partial charge on any atom is 0.236 e. The van der Waals surface area contributed by atoms with Gasteiger partial charge in [0.25, 0.3) is 0 Å². The number of aliphatic hydroxyl groups is 1. The minimum atomic E-state index is -0.605. The van der Waals surface area contributed by atoms with Crippen molar-refractivity contribution < 1.29 is 19.4 Å². The highest BCUT2D eigenvalue weighted by molar-refractivity contribution is 5.78. The predicted molar refractivity (Wildman–Crippen MR) is 74.1 cm³/mol. The van der Waals surface area contributed by atoms with Crippen LogP contribution in [0.2, 0.25) is 0 Å². The van der Waals surface area contributed by atoms with E-state index in [1.54, 1.807) is 4.90 Å². The highest BCUT2D eigenvalue weighted by atomic mass is 16.5. The van der Waals surface area contributed by atoms with Crippen LogP contribution in [-0.4, -0.2) is 74.6 Å². The summed E-state index contributed by atoms with van der Waals surface area (Å²) in [6.45, 7) is 9.76. The molecule has 0 spiro atoms. The number of rotatable bonds is 12. The molecule has 0 radical (unpaired) electrons. The first kappa shape index (κ1) is 18.3. The van der Waals surface area contributed by atoms with Gasteiger partial charge in [0.2, 0.25) is 5.91 Å².